The third-order valence-electron chi connectivity index (χ3n) is 4.82. The van der Waals surface area contributed by atoms with Gasteiger partial charge < -0.3 is 15.5 Å². The van der Waals surface area contributed by atoms with Crippen molar-refractivity contribution in [2.24, 2.45) is 5.92 Å². The Balaban J connectivity index is 1.52. The molecule has 6 heteroatoms. The van der Waals surface area contributed by atoms with E-state index in [4.69, 9.17) is 11.6 Å². The van der Waals surface area contributed by atoms with Crippen molar-refractivity contribution in [1.82, 2.24) is 15.5 Å². The van der Waals surface area contributed by atoms with E-state index in [2.05, 4.69) is 10.6 Å². The number of amides is 2. The Bertz CT molecular complexity index is 602. The monoisotopic (exact) mass is 349 g/mol. The number of carbonyl (C=O) groups is 2. The Morgan fingerprint density at radius 3 is 2.92 bits per heavy atom. The second kappa shape index (κ2) is 7.99. The van der Waals surface area contributed by atoms with Gasteiger partial charge in [-0.25, -0.2) is 0 Å². The molecule has 0 bridgehead atoms. The van der Waals surface area contributed by atoms with Crippen molar-refractivity contribution in [1.29, 1.82) is 0 Å². The molecule has 1 aromatic carbocycles. The normalized spacial score (nSPS) is 24.0. The second-order valence-corrected chi connectivity index (χ2v) is 7.10. The Morgan fingerprint density at radius 1 is 1.29 bits per heavy atom. The van der Waals surface area contributed by atoms with E-state index in [0.717, 1.165) is 38.8 Å². The van der Waals surface area contributed by atoms with Gasteiger partial charge >= 0.3 is 0 Å². The van der Waals surface area contributed by atoms with E-state index < -0.39 is 0 Å². The highest BCUT2D eigenvalue weighted by Gasteiger charge is 2.26. The van der Waals surface area contributed by atoms with E-state index in [-0.39, 0.29) is 17.9 Å². The number of benzene rings is 1. The zero-order valence-electron chi connectivity index (χ0n) is 13.8. The summed E-state index contributed by atoms with van der Waals surface area (Å²) in [4.78, 5) is 26.6. The van der Waals surface area contributed by atoms with Crippen molar-refractivity contribution >= 4 is 23.4 Å². The van der Waals surface area contributed by atoms with Crippen LogP contribution in [0.2, 0.25) is 5.02 Å². The Morgan fingerprint density at radius 2 is 2.17 bits per heavy atom. The summed E-state index contributed by atoms with van der Waals surface area (Å²) in [6.45, 7) is 3.00. The summed E-state index contributed by atoms with van der Waals surface area (Å²) in [6.07, 6.45) is 3.98. The molecular weight excluding hydrogens is 326 g/mol. The molecule has 3 rings (SSSR count). The molecule has 2 atom stereocenters. The number of likely N-dealkylation sites (tertiary alicyclic amines) is 1. The first-order valence-corrected chi connectivity index (χ1v) is 9.07. The van der Waals surface area contributed by atoms with Gasteiger partial charge in [0.1, 0.15) is 0 Å². The number of hydrogen-bond acceptors (Lipinski definition) is 3. The van der Waals surface area contributed by atoms with Gasteiger partial charge in [0.2, 0.25) is 5.91 Å². The van der Waals surface area contributed by atoms with E-state index in [0.29, 0.717) is 29.6 Å². The molecule has 2 aliphatic heterocycles. The van der Waals surface area contributed by atoms with Gasteiger partial charge in [0, 0.05) is 30.2 Å². The van der Waals surface area contributed by atoms with Crippen LogP contribution in [0.4, 0.5) is 0 Å². The maximum Gasteiger partial charge on any atom is 0.253 e. The van der Waals surface area contributed by atoms with E-state index in [1.807, 2.05) is 4.90 Å². The van der Waals surface area contributed by atoms with Crippen LogP contribution in [0.3, 0.4) is 0 Å². The zero-order valence-corrected chi connectivity index (χ0v) is 14.5. The molecule has 2 fully saturated rings. The van der Waals surface area contributed by atoms with Crippen LogP contribution in [0.5, 0.6) is 0 Å². The molecule has 0 spiro atoms. The molecule has 2 heterocycles. The molecule has 1 aromatic rings. The first kappa shape index (κ1) is 17.2. The highest BCUT2D eigenvalue weighted by Crippen LogP contribution is 2.20. The van der Waals surface area contributed by atoms with Gasteiger partial charge in [0.25, 0.3) is 5.91 Å². The van der Waals surface area contributed by atoms with Gasteiger partial charge in [-0.05, 0) is 56.3 Å². The average Bonchev–Trinajstić information content (AvgIpc) is 3.14. The summed E-state index contributed by atoms with van der Waals surface area (Å²) in [5.74, 6) is 0.420. The van der Waals surface area contributed by atoms with E-state index >= 15 is 0 Å². The van der Waals surface area contributed by atoms with Crippen molar-refractivity contribution in [3.8, 4) is 0 Å². The molecule has 0 saturated carbocycles. The summed E-state index contributed by atoms with van der Waals surface area (Å²) in [5.41, 5.74) is 0.627. The molecular formula is C18H24ClN3O2. The molecule has 0 unspecified atom stereocenters. The molecule has 2 aliphatic rings. The van der Waals surface area contributed by atoms with Crippen molar-refractivity contribution in [3.63, 3.8) is 0 Å². The Labute approximate surface area is 147 Å². The first-order valence-electron chi connectivity index (χ1n) is 8.69. The maximum absolute atomic E-state index is 12.6. The Hall–Kier alpha value is -1.59. The summed E-state index contributed by atoms with van der Waals surface area (Å²) >= 11 is 5.98. The average molecular weight is 350 g/mol. The number of nitrogens with one attached hydrogen (secondary N) is 2. The lowest BCUT2D eigenvalue weighted by molar-refractivity contribution is -0.123. The predicted octanol–water partition coefficient (Wildman–Crippen LogP) is 2.06. The van der Waals surface area contributed by atoms with Crippen LogP contribution in [0, 0.1) is 5.92 Å². The summed E-state index contributed by atoms with van der Waals surface area (Å²) in [5, 5.41) is 6.83. The largest absolute Gasteiger partial charge is 0.354 e. The number of carbonyl (C=O) groups excluding carboxylic acids is 2. The van der Waals surface area contributed by atoms with E-state index in [1.54, 1.807) is 24.3 Å². The number of nitrogens with zero attached hydrogens (tertiary/aromatic N) is 1. The lowest BCUT2D eigenvalue weighted by atomic mass is 9.97. The molecule has 130 valence electrons. The third-order valence-corrected chi connectivity index (χ3v) is 5.05. The third kappa shape index (κ3) is 4.28. The predicted molar refractivity (Wildman–Crippen MR) is 94.1 cm³/mol. The summed E-state index contributed by atoms with van der Waals surface area (Å²) in [6, 6.07) is 7.03. The summed E-state index contributed by atoms with van der Waals surface area (Å²) in [7, 11) is 0. The van der Waals surface area contributed by atoms with Gasteiger partial charge in [-0.15, -0.1) is 0 Å². The molecule has 2 amide bonds. The highest BCUT2D eigenvalue weighted by atomic mass is 35.5. The highest BCUT2D eigenvalue weighted by molar-refractivity contribution is 6.30. The fourth-order valence-electron chi connectivity index (χ4n) is 3.50. The van der Waals surface area contributed by atoms with Crippen LogP contribution in [-0.2, 0) is 4.79 Å². The van der Waals surface area contributed by atoms with Crippen LogP contribution in [0.15, 0.2) is 24.3 Å². The number of rotatable bonds is 4. The molecule has 0 aliphatic carbocycles. The fraction of sp³-hybridized carbons (Fsp3) is 0.556. The minimum Gasteiger partial charge on any atom is -0.354 e. The lowest BCUT2D eigenvalue weighted by Crippen LogP contribution is -2.46. The van der Waals surface area contributed by atoms with Crippen LogP contribution >= 0.6 is 11.6 Å². The van der Waals surface area contributed by atoms with Crippen molar-refractivity contribution in [2.75, 3.05) is 26.2 Å². The van der Waals surface area contributed by atoms with E-state index in [9.17, 15) is 9.59 Å². The van der Waals surface area contributed by atoms with E-state index in [1.165, 1.54) is 0 Å². The van der Waals surface area contributed by atoms with Gasteiger partial charge in [-0.1, -0.05) is 17.7 Å². The second-order valence-electron chi connectivity index (χ2n) is 6.66. The molecule has 0 radical (unpaired) electrons. The van der Waals surface area contributed by atoms with Crippen molar-refractivity contribution in [2.45, 2.75) is 31.7 Å². The smallest absolute Gasteiger partial charge is 0.253 e. The number of halogens is 1. The molecule has 2 N–H and O–H groups in total. The van der Waals surface area contributed by atoms with Crippen molar-refractivity contribution in [3.05, 3.63) is 34.9 Å². The molecule has 2 saturated heterocycles. The zero-order chi connectivity index (χ0) is 16.9. The topological polar surface area (TPSA) is 61.4 Å². The van der Waals surface area contributed by atoms with Gasteiger partial charge in [0.15, 0.2) is 0 Å². The van der Waals surface area contributed by atoms with Crippen LogP contribution in [-0.4, -0.2) is 48.9 Å². The standard InChI is InChI=1S/C18H24ClN3O2/c19-15-6-1-5-14(10-15)18(24)22-9-3-4-13(12-22)11-21-17(23)16-7-2-8-20-16/h1,5-6,10,13,16,20H,2-4,7-9,11-12H2,(H,21,23)/t13-,16+/m0/s1. The Kier molecular flexibility index (Phi) is 5.74. The van der Waals surface area contributed by atoms with Crippen LogP contribution in [0.25, 0.3) is 0 Å². The minimum absolute atomic E-state index is 0.0194. The van der Waals surface area contributed by atoms with Gasteiger partial charge in [-0.2, -0.15) is 0 Å². The number of piperidine rings is 1. The summed E-state index contributed by atoms with van der Waals surface area (Å²) < 4.78 is 0. The molecule has 0 aromatic heterocycles. The SMILES string of the molecule is O=C(NC[C@@H]1CCCN(C(=O)c2cccc(Cl)c2)C1)[C@H]1CCCN1. The van der Waals surface area contributed by atoms with Gasteiger partial charge in [0.05, 0.1) is 6.04 Å². The molecule has 5 nitrogen and oxygen atoms in total. The first-order chi connectivity index (χ1) is 11.6. The minimum atomic E-state index is -0.0437. The van der Waals surface area contributed by atoms with Gasteiger partial charge in [-0.3, -0.25) is 9.59 Å². The van der Waals surface area contributed by atoms with Crippen LogP contribution in [0.1, 0.15) is 36.0 Å². The number of hydrogen-bond donors (Lipinski definition) is 2. The fourth-order valence-corrected chi connectivity index (χ4v) is 3.69. The lowest BCUT2D eigenvalue weighted by Gasteiger charge is -2.33. The molecule has 24 heavy (non-hydrogen) atoms. The quantitative estimate of drug-likeness (QED) is 0.874. The van der Waals surface area contributed by atoms with Crippen molar-refractivity contribution < 1.29 is 9.59 Å². The maximum atomic E-state index is 12.6. The van der Waals surface area contributed by atoms with Crippen LogP contribution < -0.4 is 10.6 Å².